The fraction of sp³-hybridized carbons (Fsp3) is 0. The largest absolute Gasteiger partial charge is 2.00 e. The Bertz CT molecular complexity index is 30.5. The number of hydrogen-bond donors (Lipinski definition) is 0. The van der Waals surface area contributed by atoms with Crippen LogP contribution in [0.2, 0.25) is 0 Å². The molecule has 0 aliphatic rings. The molecule has 1 radical (unpaired) electrons. The van der Waals surface area contributed by atoms with Crippen molar-refractivity contribution in [1.82, 2.24) is 0 Å². The van der Waals surface area contributed by atoms with Crippen LogP contribution in [-0.4, -0.2) is 11.6 Å². The summed E-state index contributed by atoms with van der Waals surface area (Å²) in [5, 5.41) is 16.7. The molecule has 0 aliphatic carbocycles. The molecule has 0 aromatic carbocycles. The number of carbonyl (C=O) groups excluding carboxylic acids is 1. The topological polar surface area (TPSA) is 93.2 Å². The van der Waals surface area contributed by atoms with Gasteiger partial charge in [0.25, 0.3) is 0 Å². The molecular weight excluding hydrogens is 131 g/mol. The van der Waals surface area contributed by atoms with E-state index in [4.69, 9.17) is 15.0 Å². The fourth-order valence-electron chi connectivity index (χ4n) is 0. The van der Waals surface area contributed by atoms with E-state index in [2.05, 4.69) is 0 Å². The Labute approximate surface area is 44.6 Å². The van der Waals surface area contributed by atoms with Crippen LogP contribution in [0.4, 0.5) is 4.79 Å². The first-order valence-corrected chi connectivity index (χ1v) is 0.612. The van der Waals surface area contributed by atoms with Crippen LogP contribution >= 0.6 is 0 Å². The van der Waals surface area contributed by atoms with Gasteiger partial charge >= 0.3 is 17.1 Å². The third-order valence-corrected chi connectivity index (χ3v) is 0. The molecule has 5 heteroatoms. The van der Waals surface area contributed by atoms with E-state index in [0.29, 0.717) is 0 Å². The molecule has 0 saturated heterocycles. The molecule has 1 N–H and O–H groups in total. The van der Waals surface area contributed by atoms with Crippen LogP contribution in [0.3, 0.4) is 0 Å². The average Bonchev–Trinajstić information content (AvgIpc) is 0.811. The maximum atomic E-state index is 8.33. The van der Waals surface area contributed by atoms with E-state index in [1.807, 2.05) is 0 Å². The molecule has 0 aromatic rings. The van der Waals surface area contributed by atoms with E-state index < -0.39 is 6.16 Å². The molecule has 0 amide bonds. The van der Waals surface area contributed by atoms with Gasteiger partial charge in [-0.05, 0) is 6.16 Å². The summed E-state index contributed by atoms with van der Waals surface area (Å²) in [5.41, 5.74) is 0. The second-order valence-corrected chi connectivity index (χ2v) is 0.250. The van der Waals surface area contributed by atoms with Crippen molar-refractivity contribution in [2.75, 3.05) is 0 Å². The van der Waals surface area contributed by atoms with Gasteiger partial charge in [0, 0.05) is 0 Å². The van der Waals surface area contributed by atoms with Crippen molar-refractivity contribution in [2.24, 2.45) is 0 Å². The van der Waals surface area contributed by atoms with Gasteiger partial charge in [-0.1, -0.05) is 0 Å². The second kappa shape index (κ2) is 8.83. The van der Waals surface area contributed by atoms with Crippen LogP contribution < -0.4 is 10.2 Å². The summed E-state index contributed by atoms with van der Waals surface area (Å²) in [6, 6.07) is 0. The zero-order valence-corrected chi connectivity index (χ0v) is 3.73. The molecule has 0 rings (SSSR count). The first kappa shape index (κ1) is 17.2. The predicted octanol–water partition coefficient (Wildman–Crippen LogP) is -2.63. The molecule has 4 nitrogen and oxygen atoms in total. The van der Waals surface area contributed by atoms with Gasteiger partial charge < -0.3 is 20.5 Å². The first-order valence-electron chi connectivity index (χ1n) is 0.612. The van der Waals surface area contributed by atoms with Crippen molar-refractivity contribution < 1.29 is 37.6 Å². The molecule has 6 heavy (non-hydrogen) atoms. The maximum absolute atomic E-state index is 8.33. The zero-order chi connectivity index (χ0) is 3.58. The Morgan fingerprint density at radius 2 is 1.33 bits per heavy atom. The second-order valence-electron chi connectivity index (χ2n) is 0.250. The average molecular weight is 132 g/mol. The maximum Gasteiger partial charge on any atom is 2.00 e. The van der Waals surface area contributed by atoms with Crippen LogP contribution in [0.15, 0.2) is 0 Å². The van der Waals surface area contributed by atoms with Crippen LogP contribution in [0.25, 0.3) is 0 Å². The van der Waals surface area contributed by atoms with Gasteiger partial charge in [-0.15, -0.1) is 0 Å². The van der Waals surface area contributed by atoms with Gasteiger partial charge in [0.1, 0.15) is 0 Å². The number of carboxylic acid groups (broad SMARTS) is 2. The summed E-state index contributed by atoms with van der Waals surface area (Å²) in [6.45, 7) is 0. The quantitative estimate of drug-likeness (QED) is 0.337. The first-order chi connectivity index (χ1) is 1.73. The minimum atomic E-state index is -2.33. The van der Waals surface area contributed by atoms with Crippen molar-refractivity contribution >= 4 is 6.16 Å². The summed E-state index contributed by atoms with van der Waals surface area (Å²) in [4.78, 5) is 8.33. The molecule has 0 heterocycles. The Morgan fingerprint density at radius 3 is 1.33 bits per heavy atom. The Morgan fingerprint density at radius 1 is 1.33 bits per heavy atom. The number of rotatable bonds is 0. The SMILES string of the molecule is O=C([O-])[O-].[Mn+2].[OH-]. The standard InChI is InChI=1S/CH2O3.Mn.H2O/c2-1(3)4;;/h(H2,2,3,4);;1H2/q;+2;/p-3. The van der Waals surface area contributed by atoms with E-state index in [0.717, 1.165) is 0 Å². The summed E-state index contributed by atoms with van der Waals surface area (Å²) >= 11 is 0. The molecule has 0 fully saturated rings. The van der Waals surface area contributed by atoms with Gasteiger partial charge in [-0.2, -0.15) is 0 Å². The van der Waals surface area contributed by atoms with Gasteiger partial charge in [-0.3, -0.25) is 0 Å². The van der Waals surface area contributed by atoms with E-state index >= 15 is 0 Å². The Kier molecular flexibility index (Phi) is 25.3. The molecule has 0 unspecified atom stereocenters. The van der Waals surface area contributed by atoms with Crippen LogP contribution in [0, 0.1) is 0 Å². The molecule has 0 saturated carbocycles. The summed E-state index contributed by atoms with van der Waals surface area (Å²) in [5.74, 6) is 0. The Balaban J connectivity index is -0.0000000450. The summed E-state index contributed by atoms with van der Waals surface area (Å²) in [7, 11) is 0. The van der Waals surface area contributed by atoms with Crippen LogP contribution in [-0.2, 0) is 17.1 Å². The summed E-state index contributed by atoms with van der Waals surface area (Å²) < 4.78 is 0. The molecule has 0 spiro atoms. The van der Waals surface area contributed by atoms with Crippen molar-refractivity contribution in [2.45, 2.75) is 0 Å². The third-order valence-electron chi connectivity index (χ3n) is 0. The minimum absolute atomic E-state index is 0. The summed E-state index contributed by atoms with van der Waals surface area (Å²) in [6.07, 6.45) is -2.33. The fourth-order valence-corrected chi connectivity index (χ4v) is 0. The third kappa shape index (κ3) is 452. The molecular formula is CHMnO4-. The van der Waals surface area contributed by atoms with Crippen molar-refractivity contribution in [1.29, 1.82) is 0 Å². The van der Waals surface area contributed by atoms with Gasteiger partial charge in [0.2, 0.25) is 0 Å². The van der Waals surface area contributed by atoms with E-state index in [1.165, 1.54) is 0 Å². The number of hydrogen-bond acceptors (Lipinski definition) is 4. The molecule has 0 aliphatic heterocycles. The molecule has 0 bridgehead atoms. The smallest absolute Gasteiger partial charge is 0.870 e. The van der Waals surface area contributed by atoms with E-state index in [9.17, 15) is 0 Å². The molecule has 0 aromatic heterocycles. The van der Waals surface area contributed by atoms with E-state index in [1.54, 1.807) is 0 Å². The van der Waals surface area contributed by atoms with Crippen LogP contribution in [0.1, 0.15) is 0 Å². The minimum Gasteiger partial charge on any atom is -0.870 e. The number of carbonyl (C=O) groups is 1. The Hall–Kier alpha value is -0.251. The zero-order valence-electron chi connectivity index (χ0n) is 2.55. The van der Waals surface area contributed by atoms with Gasteiger partial charge in [0.05, 0.1) is 0 Å². The van der Waals surface area contributed by atoms with Gasteiger partial charge in [0.15, 0.2) is 0 Å². The molecule has 0 atom stereocenters. The van der Waals surface area contributed by atoms with Crippen molar-refractivity contribution in [3.8, 4) is 0 Å². The van der Waals surface area contributed by atoms with Gasteiger partial charge in [-0.25, -0.2) is 0 Å². The van der Waals surface area contributed by atoms with Crippen molar-refractivity contribution in [3.63, 3.8) is 0 Å². The van der Waals surface area contributed by atoms with Crippen LogP contribution in [0.5, 0.6) is 0 Å². The normalized spacial score (nSPS) is 4.00. The monoisotopic (exact) mass is 132 g/mol. The predicted molar refractivity (Wildman–Crippen MR) is 7.33 cm³/mol. The van der Waals surface area contributed by atoms with Crippen molar-refractivity contribution in [3.05, 3.63) is 0 Å². The molecule has 37 valence electrons. The van der Waals surface area contributed by atoms with E-state index in [-0.39, 0.29) is 22.5 Å².